The molecule has 2 heterocycles. The average Bonchev–Trinajstić information content (AvgIpc) is 3.60. The summed E-state index contributed by atoms with van der Waals surface area (Å²) in [5.41, 5.74) is 8.82. The van der Waals surface area contributed by atoms with Crippen LogP contribution in [-0.4, -0.2) is 51.7 Å². The summed E-state index contributed by atoms with van der Waals surface area (Å²) in [5, 5.41) is 33.2. The maximum absolute atomic E-state index is 13.1. The van der Waals surface area contributed by atoms with Gasteiger partial charge < -0.3 is 30.8 Å². The van der Waals surface area contributed by atoms with Crippen molar-refractivity contribution in [2.45, 2.75) is 69.8 Å². The van der Waals surface area contributed by atoms with Crippen molar-refractivity contribution in [3.63, 3.8) is 0 Å². The van der Waals surface area contributed by atoms with Crippen LogP contribution in [0, 0.1) is 23.2 Å². The number of aliphatic hydroxyl groups excluding tert-OH is 2. The molecule has 6 unspecified atom stereocenters. The number of benzene rings is 1. The van der Waals surface area contributed by atoms with E-state index < -0.39 is 29.0 Å². The van der Waals surface area contributed by atoms with Crippen molar-refractivity contribution >= 4 is 23.5 Å². The number of aliphatic hydroxyl groups is 2. The van der Waals surface area contributed by atoms with Gasteiger partial charge in [-0.2, -0.15) is 11.9 Å². The summed E-state index contributed by atoms with van der Waals surface area (Å²) in [6, 6.07) is 9.04. The number of methoxy groups -OCH3 is 1. The lowest BCUT2D eigenvalue weighted by Gasteiger charge is -2.42. The van der Waals surface area contributed by atoms with Gasteiger partial charge >= 0.3 is 0 Å². The summed E-state index contributed by atoms with van der Waals surface area (Å²) >= 11 is 0. The van der Waals surface area contributed by atoms with E-state index in [2.05, 4.69) is 22.1 Å². The average molecular weight is 639 g/mol. The number of aromatic hydroxyl groups is 1. The van der Waals surface area contributed by atoms with E-state index in [1.165, 1.54) is 32.8 Å². The van der Waals surface area contributed by atoms with E-state index in [-0.39, 0.29) is 43.3 Å². The number of phenolic OH excluding ortho intramolecular Hbond substituents is 1. The van der Waals surface area contributed by atoms with E-state index in [0.717, 1.165) is 17.7 Å². The molecule has 2 aromatic heterocycles. The number of allylic oxidation sites excluding steroid dienone is 2. The summed E-state index contributed by atoms with van der Waals surface area (Å²) in [5.74, 6) is 0.147. The number of rotatable bonds is 12. The van der Waals surface area contributed by atoms with Gasteiger partial charge in [0.05, 0.1) is 13.7 Å². The second-order valence-electron chi connectivity index (χ2n) is 13.5. The molecule has 0 saturated heterocycles. The highest BCUT2D eigenvalue weighted by Gasteiger charge is 2.43. The Morgan fingerprint density at radius 2 is 1.98 bits per heavy atom. The van der Waals surface area contributed by atoms with Gasteiger partial charge in [0, 0.05) is 41.5 Å². The Morgan fingerprint density at radius 1 is 1.15 bits per heavy atom. The Hall–Kier alpha value is -4.21. The number of ether oxygens (including phenoxy) is 1. The Kier molecular flexibility index (Phi) is 9.66. The molecule has 6 atom stereocenters. The lowest BCUT2D eigenvalue weighted by molar-refractivity contribution is -0.139. The molecule has 5 N–H and O–H groups in total. The normalized spacial score (nSPS) is 25.5. The number of phenols is 1. The van der Waals surface area contributed by atoms with Crippen molar-refractivity contribution in [1.82, 2.24) is 9.97 Å². The second-order valence-corrected chi connectivity index (χ2v) is 13.5. The van der Waals surface area contributed by atoms with Crippen LogP contribution in [0.25, 0.3) is 6.08 Å². The van der Waals surface area contributed by atoms with Crippen molar-refractivity contribution in [3.8, 4) is 11.5 Å². The molecule has 3 aromatic rings. The lowest BCUT2D eigenvalue weighted by Crippen LogP contribution is -2.37. The maximum Gasteiger partial charge on any atom is 0.170 e. The maximum atomic E-state index is 13.1. The summed E-state index contributed by atoms with van der Waals surface area (Å²) in [6.07, 6.45) is 16.2. The third-order valence-corrected chi connectivity index (χ3v) is 10.6. The smallest absolute Gasteiger partial charge is 0.170 e. The van der Waals surface area contributed by atoms with Gasteiger partial charge in [-0.05, 0) is 73.1 Å². The van der Waals surface area contributed by atoms with Gasteiger partial charge in [0.25, 0.3) is 0 Å². The molecular formula is C38H44N3O6-. The van der Waals surface area contributed by atoms with Crippen molar-refractivity contribution in [1.29, 1.82) is 0 Å². The molecule has 0 spiro atoms. The number of hydrogen-bond acceptors (Lipinski definition) is 8. The predicted molar refractivity (Wildman–Crippen MR) is 179 cm³/mol. The van der Waals surface area contributed by atoms with Gasteiger partial charge in [0.1, 0.15) is 5.82 Å². The fourth-order valence-electron chi connectivity index (χ4n) is 8.07. The molecule has 47 heavy (non-hydrogen) atoms. The van der Waals surface area contributed by atoms with Crippen LogP contribution in [0.4, 0.5) is 5.82 Å². The molecule has 248 valence electrons. The van der Waals surface area contributed by atoms with Crippen LogP contribution in [0.5, 0.6) is 11.5 Å². The molecule has 3 aliphatic carbocycles. The first-order valence-electron chi connectivity index (χ1n) is 16.7. The number of pyridine rings is 1. The number of carbonyl (C=O) groups excluding carboxylic acids is 2. The minimum Gasteiger partial charge on any atom is -0.668 e. The zero-order valence-corrected chi connectivity index (χ0v) is 26.8. The lowest BCUT2D eigenvalue weighted by atomic mass is 9.63. The topological polar surface area (TPSA) is 157 Å². The quantitative estimate of drug-likeness (QED) is 0.160. The Morgan fingerprint density at radius 3 is 2.74 bits per heavy atom. The first-order chi connectivity index (χ1) is 22.7. The highest BCUT2D eigenvalue weighted by Crippen LogP contribution is 2.53. The first-order valence-corrected chi connectivity index (χ1v) is 16.7. The van der Waals surface area contributed by atoms with Crippen LogP contribution >= 0.6 is 0 Å². The third kappa shape index (κ3) is 6.64. The molecule has 3 aliphatic rings. The number of nitrogens with zero attached hydrogens (tertiary/aromatic N) is 2. The number of nitrogen functional groups attached to an aromatic ring is 1. The van der Waals surface area contributed by atoms with Crippen LogP contribution in [0.2, 0.25) is 0 Å². The largest absolute Gasteiger partial charge is 0.668 e. The fraction of sp³-hybridized carbons (Fsp3) is 0.447. The van der Waals surface area contributed by atoms with Crippen molar-refractivity contribution in [2.24, 2.45) is 23.2 Å². The molecule has 0 radical (unpaired) electrons. The first kappa shape index (κ1) is 32.7. The van der Waals surface area contributed by atoms with Gasteiger partial charge in [0.15, 0.2) is 29.2 Å². The number of aryl methyl sites for hydroxylation is 1. The number of hydrogen-bond donors (Lipinski definition) is 4. The van der Waals surface area contributed by atoms with E-state index in [1.54, 1.807) is 24.5 Å². The molecule has 1 saturated carbocycles. The van der Waals surface area contributed by atoms with E-state index in [9.17, 15) is 24.9 Å². The summed E-state index contributed by atoms with van der Waals surface area (Å²) < 4.78 is 5.58. The Labute approximate surface area is 275 Å². The zero-order chi connectivity index (χ0) is 33.1. The minimum absolute atomic E-state index is 0.0558. The van der Waals surface area contributed by atoms with Gasteiger partial charge in [-0.1, -0.05) is 55.3 Å². The summed E-state index contributed by atoms with van der Waals surface area (Å²) in [7, 11) is 1.45. The summed E-state index contributed by atoms with van der Waals surface area (Å²) in [4.78, 5) is 34.8. The predicted octanol–water partition coefficient (Wildman–Crippen LogP) is 4.92. The van der Waals surface area contributed by atoms with Gasteiger partial charge in [-0.15, -0.1) is 0 Å². The van der Waals surface area contributed by atoms with Crippen molar-refractivity contribution in [2.75, 3.05) is 19.5 Å². The second kappa shape index (κ2) is 13.9. The highest BCUT2D eigenvalue weighted by molar-refractivity contribution is 6.05. The van der Waals surface area contributed by atoms with Crippen LogP contribution in [0.1, 0.15) is 78.8 Å². The van der Waals surface area contributed by atoms with Crippen LogP contribution in [-0.2, 0) is 22.4 Å². The number of anilines is 1. The number of aromatic nitrogens is 2. The zero-order valence-electron chi connectivity index (χ0n) is 26.8. The fourth-order valence-corrected chi connectivity index (χ4v) is 8.07. The van der Waals surface area contributed by atoms with E-state index in [1.807, 2.05) is 30.4 Å². The van der Waals surface area contributed by atoms with Crippen LogP contribution in [0.15, 0.2) is 61.0 Å². The minimum atomic E-state index is -1.67. The summed E-state index contributed by atoms with van der Waals surface area (Å²) in [6.45, 7) is -0.251. The molecule has 0 aliphatic heterocycles. The number of fused-ring (bicyclic) bond motifs is 2. The molecule has 9 heteroatoms. The van der Waals surface area contributed by atoms with Crippen LogP contribution < -0.4 is 15.5 Å². The van der Waals surface area contributed by atoms with Gasteiger partial charge in [-0.25, -0.2) is 4.98 Å². The Balaban J connectivity index is 1.24. The molecule has 6 rings (SSSR count). The standard InChI is InChI=1S/C38H44N3O6/c1-47-33-20-24(9-11-31(43)36(46)32(44)19-23-8-10-25-5-2-3-6-26(25)17-23)18-30(35(33)45)34-28-13-16-41-37(39)29(28)12-14-38(34,22-42)21-27-7-4-15-40-27/h4,7-8,10,12-16,18,20,23,25-26,34,36,42,45-46H,2-3,5-6,9,11,17,19,21-22H2,1H3,(H2,39,41)/q-1. The molecule has 9 nitrogen and oxygen atoms in total. The number of carbonyl (C=O) groups is 2. The third-order valence-electron chi connectivity index (χ3n) is 10.6. The molecule has 1 aromatic carbocycles. The van der Waals surface area contributed by atoms with Crippen LogP contribution in [0.3, 0.4) is 0 Å². The van der Waals surface area contributed by atoms with E-state index >= 15 is 0 Å². The van der Waals surface area contributed by atoms with Gasteiger partial charge in [0.2, 0.25) is 0 Å². The molecule has 0 bridgehead atoms. The van der Waals surface area contributed by atoms with Crippen molar-refractivity contribution in [3.05, 3.63) is 88.9 Å². The number of ketones is 2. The van der Waals surface area contributed by atoms with E-state index in [4.69, 9.17) is 10.5 Å². The SMILES string of the molecule is COc1cc(CCC(=O)C(O)C(=O)CC2C=CC3CCCCC3C2)cc(C2c3ccnc(N)c3C=CC2(CO)Cc2ccc[n-]2)c1O. The molecular weight excluding hydrogens is 594 g/mol. The molecule has 0 amide bonds. The Bertz CT molecular complexity index is 1660. The number of nitrogens with two attached hydrogens (primary N) is 1. The molecule has 1 fully saturated rings. The number of Topliss-reactive ketones (excluding diaryl/α,β-unsaturated/α-hetero) is 2. The van der Waals surface area contributed by atoms with E-state index in [0.29, 0.717) is 40.8 Å². The monoisotopic (exact) mass is 638 g/mol. The highest BCUT2D eigenvalue weighted by atomic mass is 16.5. The van der Waals surface area contributed by atoms with Crippen molar-refractivity contribution < 1.29 is 29.6 Å². The van der Waals surface area contributed by atoms with Gasteiger partial charge in [-0.3, -0.25) is 9.59 Å².